The van der Waals surface area contributed by atoms with Crippen LogP contribution in [0.4, 0.5) is 5.69 Å². The second-order valence-corrected chi connectivity index (χ2v) is 9.13. The van der Waals surface area contributed by atoms with Crippen LogP contribution in [0.5, 0.6) is 0 Å². The van der Waals surface area contributed by atoms with Crippen molar-refractivity contribution in [2.45, 2.75) is 71.3 Å². The number of nitrogens with one attached hydrogen (secondary N) is 1. The number of aryl methyl sites for hydroxylation is 1. The van der Waals surface area contributed by atoms with Crippen LogP contribution in [-0.4, -0.2) is 49.6 Å². The number of amides is 1. The van der Waals surface area contributed by atoms with Crippen molar-refractivity contribution in [2.24, 2.45) is 5.92 Å². The average molecular weight is 411 g/mol. The Morgan fingerprint density at radius 3 is 2.57 bits per heavy atom. The molecular formula is C25H38N4O. The number of hydrogen-bond donors (Lipinski definition) is 1. The molecule has 1 aliphatic carbocycles. The van der Waals surface area contributed by atoms with E-state index in [1.807, 2.05) is 0 Å². The molecule has 0 spiro atoms. The van der Waals surface area contributed by atoms with Crippen molar-refractivity contribution < 1.29 is 4.79 Å². The first-order chi connectivity index (χ1) is 14.6. The van der Waals surface area contributed by atoms with Crippen LogP contribution in [0.2, 0.25) is 0 Å². The third kappa shape index (κ3) is 6.47. The molecule has 5 nitrogen and oxygen atoms in total. The molecule has 1 amide bonds. The molecule has 2 fully saturated rings. The Kier molecular flexibility index (Phi) is 8.57. The van der Waals surface area contributed by atoms with E-state index in [1.54, 1.807) is 0 Å². The third-order valence-electron chi connectivity index (χ3n) is 7.05. The van der Waals surface area contributed by atoms with Gasteiger partial charge in [-0.25, -0.2) is 0 Å². The number of nitrogens with zero attached hydrogens (tertiary/aromatic N) is 3. The molecule has 0 unspecified atom stereocenters. The molecule has 1 aromatic carbocycles. The monoisotopic (exact) mass is 410 g/mol. The molecular weight excluding hydrogens is 372 g/mol. The Morgan fingerprint density at radius 2 is 1.87 bits per heavy atom. The molecule has 164 valence electrons. The summed E-state index contributed by atoms with van der Waals surface area (Å²) in [5.74, 6) is 0.921. The van der Waals surface area contributed by atoms with E-state index in [0.717, 1.165) is 44.9 Å². The summed E-state index contributed by atoms with van der Waals surface area (Å²) in [5.41, 5.74) is 4.20. The highest BCUT2D eigenvalue weighted by Crippen LogP contribution is 2.28. The highest BCUT2D eigenvalue weighted by Gasteiger charge is 2.24. The van der Waals surface area contributed by atoms with Crippen LogP contribution in [-0.2, 0) is 4.79 Å². The quantitative estimate of drug-likeness (QED) is 0.653. The number of benzene rings is 1. The van der Waals surface area contributed by atoms with Crippen LogP contribution in [0.3, 0.4) is 0 Å². The normalized spacial score (nSPS) is 22.5. The predicted octanol–water partition coefficient (Wildman–Crippen LogP) is 4.18. The maximum absolute atomic E-state index is 11.9. The van der Waals surface area contributed by atoms with Gasteiger partial charge in [0, 0.05) is 50.7 Å². The van der Waals surface area contributed by atoms with Crippen molar-refractivity contribution in [1.29, 1.82) is 5.26 Å². The molecule has 0 atom stereocenters. The number of hydrogen-bond acceptors (Lipinski definition) is 4. The number of nitriles is 1. The lowest BCUT2D eigenvalue weighted by molar-refractivity contribution is -0.122. The van der Waals surface area contributed by atoms with Crippen molar-refractivity contribution in [3.63, 3.8) is 0 Å². The van der Waals surface area contributed by atoms with E-state index in [-0.39, 0.29) is 5.91 Å². The Labute approximate surface area is 182 Å². The lowest BCUT2D eigenvalue weighted by Crippen LogP contribution is -2.47. The minimum Gasteiger partial charge on any atom is -0.369 e. The smallest absolute Gasteiger partial charge is 0.220 e. The second-order valence-electron chi connectivity index (χ2n) is 9.13. The number of anilines is 1. The summed E-state index contributed by atoms with van der Waals surface area (Å²) in [5, 5.41) is 11.7. The zero-order valence-corrected chi connectivity index (χ0v) is 18.8. The van der Waals surface area contributed by atoms with Crippen molar-refractivity contribution >= 4 is 11.6 Å². The molecule has 3 rings (SSSR count). The van der Waals surface area contributed by atoms with Gasteiger partial charge in [-0.2, -0.15) is 5.26 Å². The summed E-state index contributed by atoms with van der Waals surface area (Å²) < 4.78 is 0. The van der Waals surface area contributed by atoms with Gasteiger partial charge in [0.05, 0.1) is 6.07 Å². The summed E-state index contributed by atoms with van der Waals surface area (Å²) in [6, 6.07) is 9.08. The topological polar surface area (TPSA) is 59.4 Å². The van der Waals surface area contributed by atoms with E-state index in [9.17, 15) is 4.79 Å². The van der Waals surface area contributed by atoms with E-state index in [1.165, 1.54) is 42.6 Å². The molecule has 2 aliphatic rings. The van der Waals surface area contributed by atoms with Crippen LogP contribution in [0.1, 0.15) is 62.5 Å². The van der Waals surface area contributed by atoms with E-state index in [2.05, 4.69) is 53.2 Å². The Bertz CT molecular complexity index is 725. The fourth-order valence-corrected chi connectivity index (χ4v) is 4.88. The maximum atomic E-state index is 11.9. The summed E-state index contributed by atoms with van der Waals surface area (Å²) in [4.78, 5) is 17.1. The van der Waals surface area contributed by atoms with Gasteiger partial charge in [-0.1, -0.05) is 12.1 Å². The number of unbranched alkanes of at least 4 members (excludes halogenated alkanes) is 1. The minimum atomic E-state index is 0.121. The molecule has 1 N–H and O–H groups in total. The molecule has 0 bridgehead atoms. The first kappa shape index (κ1) is 22.6. The molecule has 1 aromatic rings. The third-order valence-corrected chi connectivity index (χ3v) is 7.05. The molecule has 1 saturated carbocycles. The highest BCUT2D eigenvalue weighted by molar-refractivity contribution is 5.76. The Hall–Kier alpha value is -2.06. The molecule has 5 heteroatoms. The zero-order valence-electron chi connectivity index (χ0n) is 18.8. The van der Waals surface area contributed by atoms with Crippen LogP contribution in [0, 0.1) is 31.1 Å². The summed E-state index contributed by atoms with van der Waals surface area (Å²) in [7, 11) is 0. The summed E-state index contributed by atoms with van der Waals surface area (Å²) in [6.45, 7) is 10.2. The lowest BCUT2D eigenvalue weighted by atomic mass is 9.84. The summed E-state index contributed by atoms with van der Waals surface area (Å²) in [6.07, 6.45) is 7.59. The minimum absolute atomic E-state index is 0.121. The Balaban J connectivity index is 1.32. The van der Waals surface area contributed by atoms with Crippen molar-refractivity contribution in [2.75, 3.05) is 37.6 Å². The molecule has 0 radical (unpaired) electrons. The standard InChI is InChI=1S/C25H38N4O/c1-20-6-5-7-24(21(20)2)29-18-16-28(17-19-29)15-13-22-9-11-23(12-10-22)27-25(30)8-3-4-14-26/h5-7,22-23H,3-4,8-13,15-19H2,1-2H3,(H,27,30). The van der Waals surface area contributed by atoms with Crippen molar-refractivity contribution in [1.82, 2.24) is 10.2 Å². The van der Waals surface area contributed by atoms with Gasteiger partial charge in [0.2, 0.25) is 5.91 Å². The predicted molar refractivity (Wildman–Crippen MR) is 123 cm³/mol. The fraction of sp³-hybridized carbons (Fsp3) is 0.680. The SMILES string of the molecule is Cc1cccc(N2CCN(CCC3CCC(NC(=O)CCCC#N)CC3)CC2)c1C. The molecule has 0 aromatic heterocycles. The molecule has 30 heavy (non-hydrogen) atoms. The van der Waals surface area contributed by atoms with Crippen LogP contribution < -0.4 is 10.2 Å². The maximum Gasteiger partial charge on any atom is 0.220 e. The van der Waals surface area contributed by atoms with Crippen LogP contribution >= 0.6 is 0 Å². The average Bonchev–Trinajstić information content (AvgIpc) is 2.76. The van der Waals surface area contributed by atoms with Gasteiger partial charge in [-0.05, 0) is 82.0 Å². The van der Waals surface area contributed by atoms with Crippen molar-refractivity contribution in [3.8, 4) is 6.07 Å². The van der Waals surface area contributed by atoms with Gasteiger partial charge >= 0.3 is 0 Å². The van der Waals surface area contributed by atoms with Crippen LogP contribution in [0.15, 0.2) is 18.2 Å². The lowest BCUT2D eigenvalue weighted by Gasteiger charge is -2.38. The Morgan fingerprint density at radius 1 is 1.13 bits per heavy atom. The van der Waals surface area contributed by atoms with Gasteiger partial charge in [-0.3, -0.25) is 9.69 Å². The number of carbonyl (C=O) groups is 1. The summed E-state index contributed by atoms with van der Waals surface area (Å²) >= 11 is 0. The molecule has 1 heterocycles. The first-order valence-corrected chi connectivity index (χ1v) is 11.8. The molecule has 1 saturated heterocycles. The van der Waals surface area contributed by atoms with Crippen molar-refractivity contribution in [3.05, 3.63) is 29.3 Å². The van der Waals surface area contributed by atoms with Gasteiger partial charge < -0.3 is 10.2 Å². The first-order valence-electron chi connectivity index (χ1n) is 11.8. The van der Waals surface area contributed by atoms with Gasteiger partial charge in [0.1, 0.15) is 0 Å². The van der Waals surface area contributed by atoms with E-state index in [4.69, 9.17) is 5.26 Å². The van der Waals surface area contributed by atoms with E-state index >= 15 is 0 Å². The van der Waals surface area contributed by atoms with Gasteiger partial charge in [0.25, 0.3) is 0 Å². The van der Waals surface area contributed by atoms with Gasteiger partial charge in [0.15, 0.2) is 0 Å². The number of carbonyl (C=O) groups excluding carboxylic acids is 1. The van der Waals surface area contributed by atoms with Gasteiger partial charge in [-0.15, -0.1) is 0 Å². The largest absolute Gasteiger partial charge is 0.369 e. The molecule has 1 aliphatic heterocycles. The number of rotatable bonds is 8. The fourth-order valence-electron chi connectivity index (χ4n) is 4.88. The van der Waals surface area contributed by atoms with E-state index in [0.29, 0.717) is 25.3 Å². The zero-order chi connectivity index (χ0) is 21.3. The number of piperazine rings is 1. The van der Waals surface area contributed by atoms with Crippen LogP contribution in [0.25, 0.3) is 0 Å². The van der Waals surface area contributed by atoms with E-state index < -0.39 is 0 Å². The highest BCUT2D eigenvalue weighted by atomic mass is 16.1. The second kappa shape index (κ2) is 11.4.